The van der Waals surface area contributed by atoms with Gasteiger partial charge < -0.3 is 9.52 Å². The molecule has 2 aromatic heterocycles. The number of nitrogens with zero attached hydrogens (tertiary/aromatic N) is 2. The van der Waals surface area contributed by atoms with Crippen molar-refractivity contribution in [3.63, 3.8) is 0 Å². The topological polar surface area (TPSA) is 76.2 Å². The van der Waals surface area contributed by atoms with Crippen LogP contribution in [0.15, 0.2) is 22.9 Å². The van der Waals surface area contributed by atoms with Crippen molar-refractivity contribution in [3.05, 3.63) is 24.4 Å². The van der Waals surface area contributed by atoms with E-state index in [1.165, 1.54) is 0 Å². The van der Waals surface area contributed by atoms with Gasteiger partial charge >= 0.3 is 5.97 Å². The van der Waals surface area contributed by atoms with Crippen LogP contribution in [0.25, 0.3) is 11.1 Å². The van der Waals surface area contributed by atoms with Crippen molar-refractivity contribution in [1.82, 2.24) is 9.97 Å². The molecule has 0 aliphatic carbocycles. The van der Waals surface area contributed by atoms with Gasteiger partial charge in [0.05, 0.1) is 6.20 Å². The molecule has 0 radical (unpaired) electrons. The van der Waals surface area contributed by atoms with E-state index >= 15 is 0 Å². The molecule has 0 aromatic carbocycles. The molecule has 2 heterocycles. The summed E-state index contributed by atoms with van der Waals surface area (Å²) in [6.07, 6.45) is 4.47. The number of fused-ring (bicyclic) bond motifs is 1. The van der Waals surface area contributed by atoms with Crippen molar-refractivity contribution in [2.24, 2.45) is 0 Å². The summed E-state index contributed by atoms with van der Waals surface area (Å²) in [6, 6.07) is 1.74. The number of hydrogen-bond acceptors (Lipinski definition) is 4. The Labute approximate surface area is 85.8 Å². The summed E-state index contributed by atoms with van der Waals surface area (Å²) < 4.78 is 5.41. The number of carboxylic acids is 1. The number of oxazole rings is 1. The first-order chi connectivity index (χ1) is 7.25. The van der Waals surface area contributed by atoms with Crippen LogP contribution in [0.5, 0.6) is 0 Å². The summed E-state index contributed by atoms with van der Waals surface area (Å²) >= 11 is 0. The van der Waals surface area contributed by atoms with Gasteiger partial charge in [-0.15, -0.1) is 0 Å². The molecule has 0 saturated heterocycles. The van der Waals surface area contributed by atoms with E-state index in [9.17, 15) is 4.79 Å². The molecule has 5 nitrogen and oxygen atoms in total. The molecule has 2 rings (SSSR count). The smallest absolute Gasteiger partial charge is 0.303 e. The van der Waals surface area contributed by atoms with Crippen LogP contribution in [-0.2, 0) is 11.2 Å². The zero-order chi connectivity index (χ0) is 10.7. The van der Waals surface area contributed by atoms with E-state index in [4.69, 9.17) is 9.52 Å². The molecule has 5 heteroatoms. The van der Waals surface area contributed by atoms with Gasteiger partial charge in [-0.25, -0.2) is 4.98 Å². The molecule has 1 N–H and O–H groups in total. The van der Waals surface area contributed by atoms with Crippen molar-refractivity contribution in [2.75, 3.05) is 0 Å². The van der Waals surface area contributed by atoms with Crippen LogP contribution in [0.4, 0.5) is 0 Å². The molecular weight excluding hydrogens is 196 g/mol. The number of carboxylic acid groups (broad SMARTS) is 1. The van der Waals surface area contributed by atoms with Crippen LogP contribution in [0.1, 0.15) is 18.7 Å². The fourth-order valence-electron chi connectivity index (χ4n) is 1.33. The third-order valence-corrected chi connectivity index (χ3v) is 2.02. The first kappa shape index (κ1) is 9.64. The van der Waals surface area contributed by atoms with Gasteiger partial charge in [0.25, 0.3) is 0 Å². The van der Waals surface area contributed by atoms with E-state index in [1.807, 2.05) is 0 Å². The third-order valence-electron chi connectivity index (χ3n) is 2.02. The molecule has 0 spiro atoms. The predicted molar refractivity (Wildman–Crippen MR) is 52.4 cm³/mol. The summed E-state index contributed by atoms with van der Waals surface area (Å²) in [5.74, 6) is -0.230. The highest BCUT2D eigenvalue weighted by Crippen LogP contribution is 2.14. The van der Waals surface area contributed by atoms with Crippen LogP contribution in [0.2, 0.25) is 0 Å². The van der Waals surface area contributed by atoms with Crippen molar-refractivity contribution >= 4 is 17.1 Å². The van der Waals surface area contributed by atoms with Crippen molar-refractivity contribution in [1.29, 1.82) is 0 Å². The van der Waals surface area contributed by atoms with E-state index < -0.39 is 5.97 Å². The number of pyridine rings is 1. The number of aryl methyl sites for hydroxylation is 1. The molecule has 0 saturated carbocycles. The first-order valence-electron chi connectivity index (χ1n) is 4.67. The van der Waals surface area contributed by atoms with E-state index in [-0.39, 0.29) is 6.42 Å². The Kier molecular flexibility index (Phi) is 2.62. The number of aromatic nitrogens is 2. The molecule has 0 aliphatic heterocycles. The van der Waals surface area contributed by atoms with E-state index in [0.717, 1.165) is 0 Å². The zero-order valence-electron chi connectivity index (χ0n) is 8.01. The number of aliphatic carboxylic acids is 1. The summed E-state index contributed by atoms with van der Waals surface area (Å²) in [6.45, 7) is 0. The Morgan fingerprint density at radius 1 is 1.53 bits per heavy atom. The van der Waals surface area contributed by atoms with Crippen LogP contribution in [0.3, 0.4) is 0 Å². The lowest BCUT2D eigenvalue weighted by molar-refractivity contribution is -0.137. The van der Waals surface area contributed by atoms with Gasteiger partial charge in [0.2, 0.25) is 0 Å². The molecule has 2 aromatic rings. The fourth-order valence-corrected chi connectivity index (χ4v) is 1.33. The van der Waals surface area contributed by atoms with Gasteiger partial charge in [-0.3, -0.25) is 9.78 Å². The average molecular weight is 206 g/mol. The molecule has 0 bridgehead atoms. The second-order valence-electron chi connectivity index (χ2n) is 3.20. The summed E-state index contributed by atoms with van der Waals surface area (Å²) in [4.78, 5) is 18.4. The minimum absolute atomic E-state index is 0.136. The second kappa shape index (κ2) is 4.08. The third kappa shape index (κ3) is 2.31. The largest absolute Gasteiger partial charge is 0.481 e. The van der Waals surface area contributed by atoms with Crippen LogP contribution in [0, 0.1) is 0 Å². The molecule has 0 aliphatic rings. The van der Waals surface area contributed by atoms with Crippen molar-refractivity contribution < 1.29 is 14.3 Å². The quantitative estimate of drug-likeness (QED) is 0.822. The monoisotopic (exact) mass is 206 g/mol. The second-order valence-corrected chi connectivity index (χ2v) is 3.20. The van der Waals surface area contributed by atoms with Crippen LogP contribution >= 0.6 is 0 Å². The van der Waals surface area contributed by atoms with Crippen molar-refractivity contribution in [2.45, 2.75) is 19.3 Å². The number of carbonyl (C=O) groups is 1. The Hall–Kier alpha value is -1.91. The zero-order valence-corrected chi connectivity index (χ0v) is 8.01. The molecule has 15 heavy (non-hydrogen) atoms. The first-order valence-corrected chi connectivity index (χ1v) is 4.67. The summed E-state index contributed by atoms with van der Waals surface area (Å²) in [7, 11) is 0. The van der Waals surface area contributed by atoms with Gasteiger partial charge in [-0.2, -0.15) is 0 Å². The lowest BCUT2D eigenvalue weighted by Gasteiger charge is -1.91. The fraction of sp³-hybridized carbons (Fsp3) is 0.300. The molecule has 0 atom stereocenters. The highest BCUT2D eigenvalue weighted by Gasteiger charge is 2.05. The molecule has 78 valence electrons. The Morgan fingerprint density at radius 2 is 2.40 bits per heavy atom. The summed E-state index contributed by atoms with van der Waals surface area (Å²) in [5, 5.41) is 8.47. The van der Waals surface area contributed by atoms with Crippen molar-refractivity contribution in [3.8, 4) is 0 Å². The van der Waals surface area contributed by atoms with Gasteiger partial charge in [-0.05, 0) is 6.42 Å². The van der Waals surface area contributed by atoms with Gasteiger partial charge in [-0.1, -0.05) is 0 Å². The standard InChI is InChI=1S/C10H10N2O3/c13-10(14)3-1-2-9-12-7-6-11-5-4-8(7)15-9/h4-6H,1-3H2,(H,13,14). The van der Waals surface area contributed by atoms with Gasteiger partial charge in [0, 0.05) is 25.1 Å². The van der Waals surface area contributed by atoms with Gasteiger partial charge in [0.15, 0.2) is 11.5 Å². The predicted octanol–water partition coefficient (Wildman–Crippen LogP) is 1.63. The Bertz CT molecular complexity index is 445. The Balaban J connectivity index is 2.05. The van der Waals surface area contributed by atoms with E-state index in [2.05, 4.69) is 9.97 Å². The lowest BCUT2D eigenvalue weighted by atomic mass is 10.2. The van der Waals surface area contributed by atoms with Crippen LogP contribution < -0.4 is 0 Å². The highest BCUT2D eigenvalue weighted by atomic mass is 16.4. The number of hydrogen-bond donors (Lipinski definition) is 1. The lowest BCUT2D eigenvalue weighted by Crippen LogP contribution is -1.95. The van der Waals surface area contributed by atoms with Crippen LogP contribution in [-0.4, -0.2) is 21.0 Å². The van der Waals surface area contributed by atoms with Gasteiger partial charge in [0.1, 0.15) is 5.52 Å². The molecular formula is C10H10N2O3. The molecule has 0 fully saturated rings. The average Bonchev–Trinajstić information content (AvgIpc) is 2.59. The SMILES string of the molecule is O=C(O)CCCc1nc2cnccc2o1. The minimum Gasteiger partial charge on any atom is -0.481 e. The summed E-state index contributed by atoms with van der Waals surface area (Å²) in [5.41, 5.74) is 1.40. The maximum Gasteiger partial charge on any atom is 0.303 e. The minimum atomic E-state index is -0.798. The molecule has 0 amide bonds. The normalized spacial score (nSPS) is 10.7. The van der Waals surface area contributed by atoms with E-state index in [1.54, 1.807) is 18.5 Å². The number of rotatable bonds is 4. The maximum atomic E-state index is 10.3. The Morgan fingerprint density at radius 3 is 3.13 bits per heavy atom. The van der Waals surface area contributed by atoms with E-state index in [0.29, 0.717) is 29.8 Å². The molecule has 0 unspecified atom stereocenters. The maximum absolute atomic E-state index is 10.3. The highest BCUT2D eigenvalue weighted by molar-refractivity contribution is 5.70.